The van der Waals surface area contributed by atoms with E-state index in [-0.39, 0.29) is 0 Å². The molecule has 0 saturated carbocycles. The highest BCUT2D eigenvalue weighted by Gasteiger charge is 1.98. The molecular weight excluding hydrogens is 254 g/mol. The predicted octanol–water partition coefficient (Wildman–Crippen LogP) is 5.91. The minimum atomic E-state index is 0.927. The van der Waals surface area contributed by atoms with Crippen LogP contribution < -0.4 is 5.32 Å². The minimum Gasteiger partial charge on any atom is -0.332 e. The van der Waals surface area contributed by atoms with Gasteiger partial charge in [-0.15, -0.1) is 11.3 Å². The highest BCUT2D eigenvalue weighted by atomic mass is 32.1. The normalized spacial score (nSPS) is 8.00. The molecule has 0 radical (unpaired) electrons. The van der Waals surface area contributed by atoms with Gasteiger partial charge in [-0.25, -0.2) is 4.98 Å². The SMILES string of the molecule is CC.CC.CC.Cc1ncc(Nc2ccc(C)s2)[nH]1. The van der Waals surface area contributed by atoms with Crippen molar-refractivity contribution >= 4 is 22.2 Å². The zero-order chi connectivity index (χ0) is 15.3. The van der Waals surface area contributed by atoms with E-state index in [1.54, 1.807) is 17.5 Å². The fourth-order valence-corrected chi connectivity index (χ4v) is 1.90. The van der Waals surface area contributed by atoms with Crippen LogP contribution in [0.2, 0.25) is 0 Å². The van der Waals surface area contributed by atoms with E-state index in [0.717, 1.165) is 16.6 Å². The Balaban J connectivity index is 0. The molecule has 0 spiro atoms. The maximum Gasteiger partial charge on any atom is 0.128 e. The quantitative estimate of drug-likeness (QED) is 0.719. The second kappa shape index (κ2) is 13.1. The first-order chi connectivity index (χ1) is 9.24. The molecule has 4 heteroatoms. The summed E-state index contributed by atoms with van der Waals surface area (Å²) < 4.78 is 0. The van der Waals surface area contributed by atoms with Crippen LogP contribution in [0, 0.1) is 13.8 Å². The van der Waals surface area contributed by atoms with E-state index in [0.29, 0.717) is 0 Å². The number of thiophene rings is 1. The Hall–Kier alpha value is -1.29. The molecule has 0 bridgehead atoms. The van der Waals surface area contributed by atoms with Crippen LogP contribution in [0.3, 0.4) is 0 Å². The van der Waals surface area contributed by atoms with Crippen LogP contribution in [0.25, 0.3) is 0 Å². The van der Waals surface area contributed by atoms with Gasteiger partial charge in [-0.05, 0) is 26.0 Å². The van der Waals surface area contributed by atoms with E-state index < -0.39 is 0 Å². The first kappa shape index (κ1) is 20.0. The van der Waals surface area contributed by atoms with Gasteiger partial charge in [0.05, 0.1) is 11.2 Å². The average molecular weight is 283 g/mol. The van der Waals surface area contributed by atoms with Gasteiger partial charge in [-0.3, -0.25) is 0 Å². The zero-order valence-corrected chi connectivity index (χ0v) is 14.4. The van der Waals surface area contributed by atoms with Crippen LogP contribution in [0.5, 0.6) is 0 Å². The van der Waals surface area contributed by atoms with Crippen molar-refractivity contribution in [2.45, 2.75) is 55.4 Å². The summed E-state index contributed by atoms with van der Waals surface area (Å²) >= 11 is 1.73. The molecule has 0 aromatic carbocycles. The lowest BCUT2D eigenvalue weighted by molar-refractivity contribution is 1.15. The third-order valence-electron chi connectivity index (χ3n) is 1.70. The zero-order valence-electron chi connectivity index (χ0n) is 13.6. The van der Waals surface area contributed by atoms with E-state index in [9.17, 15) is 0 Å². The third kappa shape index (κ3) is 8.43. The van der Waals surface area contributed by atoms with Crippen LogP contribution >= 0.6 is 11.3 Å². The Bertz CT molecular complexity index is 367. The largest absolute Gasteiger partial charge is 0.332 e. The maximum atomic E-state index is 4.11. The summed E-state index contributed by atoms with van der Waals surface area (Å²) in [5.74, 6) is 1.87. The Kier molecular flexibility index (Phi) is 13.9. The number of imidazole rings is 1. The summed E-state index contributed by atoms with van der Waals surface area (Å²) in [7, 11) is 0. The van der Waals surface area contributed by atoms with Gasteiger partial charge in [0.15, 0.2) is 0 Å². The lowest BCUT2D eigenvalue weighted by Gasteiger charge is -1.97. The van der Waals surface area contributed by atoms with Crippen molar-refractivity contribution in [2.75, 3.05) is 5.32 Å². The molecule has 0 saturated heterocycles. The van der Waals surface area contributed by atoms with Gasteiger partial charge in [0.25, 0.3) is 0 Å². The Morgan fingerprint density at radius 2 is 1.58 bits per heavy atom. The molecule has 2 aromatic rings. The number of nitrogens with one attached hydrogen (secondary N) is 2. The molecule has 0 amide bonds. The van der Waals surface area contributed by atoms with Crippen LogP contribution in [0.15, 0.2) is 18.3 Å². The third-order valence-corrected chi connectivity index (χ3v) is 2.62. The maximum absolute atomic E-state index is 4.11. The predicted molar refractivity (Wildman–Crippen MR) is 89.7 cm³/mol. The van der Waals surface area contributed by atoms with Crippen LogP contribution in [0.1, 0.15) is 52.2 Å². The summed E-state index contributed by atoms with van der Waals surface area (Å²) in [4.78, 5) is 8.53. The number of aryl methyl sites for hydroxylation is 2. The number of rotatable bonds is 2. The molecule has 2 rings (SSSR count). The molecule has 0 aliphatic heterocycles. The first-order valence-electron chi connectivity index (χ1n) is 7.09. The first-order valence-corrected chi connectivity index (χ1v) is 7.91. The van der Waals surface area contributed by atoms with Gasteiger partial charge in [0.2, 0.25) is 0 Å². The van der Waals surface area contributed by atoms with Crippen molar-refractivity contribution < 1.29 is 0 Å². The van der Waals surface area contributed by atoms with Gasteiger partial charge in [-0.1, -0.05) is 41.5 Å². The fourth-order valence-electron chi connectivity index (χ4n) is 1.12. The van der Waals surface area contributed by atoms with Crippen molar-refractivity contribution in [1.29, 1.82) is 0 Å². The molecule has 19 heavy (non-hydrogen) atoms. The Labute approximate surface area is 122 Å². The standard InChI is InChI=1S/C9H11N3S.3C2H6/c1-6-3-4-9(13-6)12-8-5-10-7(2)11-8;3*1-2/h3-5,12H,1-2H3,(H,10,11);3*1-2H3. The van der Waals surface area contributed by atoms with Crippen LogP contribution in [0.4, 0.5) is 10.8 Å². The number of hydrogen-bond donors (Lipinski definition) is 2. The van der Waals surface area contributed by atoms with E-state index in [4.69, 9.17) is 0 Å². The van der Waals surface area contributed by atoms with Crippen LogP contribution in [-0.2, 0) is 0 Å². The van der Waals surface area contributed by atoms with E-state index >= 15 is 0 Å². The minimum absolute atomic E-state index is 0.927. The lowest BCUT2D eigenvalue weighted by Crippen LogP contribution is -1.86. The molecule has 0 unspecified atom stereocenters. The van der Waals surface area contributed by atoms with E-state index in [1.165, 1.54) is 4.88 Å². The topological polar surface area (TPSA) is 40.7 Å². The molecule has 3 nitrogen and oxygen atoms in total. The number of aromatic nitrogens is 2. The number of H-pyrrole nitrogens is 1. The summed E-state index contributed by atoms with van der Waals surface area (Å²) in [6.45, 7) is 16.0. The summed E-state index contributed by atoms with van der Waals surface area (Å²) in [5.41, 5.74) is 0. The summed E-state index contributed by atoms with van der Waals surface area (Å²) in [6, 6.07) is 4.16. The molecule has 0 aliphatic rings. The highest BCUT2D eigenvalue weighted by Crippen LogP contribution is 2.23. The monoisotopic (exact) mass is 283 g/mol. The lowest BCUT2D eigenvalue weighted by atomic mass is 10.5. The van der Waals surface area contributed by atoms with Gasteiger partial charge >= 0.3 is 0 Å². The summed E-state index contributed by atoms with van der Waals surface area (Å²) in [5, 5.41) is 4.39. The van der Waals surface area contributed by atoms with Gasteiger partial charge < -0.3 is 10.3 Å². The van der Waals surface area contributed by atoms with Crippen molar-refractivity contribution in [3.05, 3.63) is 29.0 Å². The summed E-state index contributed by atoms with van der Waals surface area (Å²) in [6.07, 6.45) is 1.80. The highest BCUT2D eigenvalue weighted by molar-refractivity contribution is 7.16. The molecule has 2 heterocycles. The van der Waals surface area contributed by atoms with Crippen molar-refractivity contribution in [3.63, 3.8) is 0 Å². The molecule has 2 N–H and O–H groups in total. The van der Waals surface area contributed by atoms with Gasteiger partial charge in [0, 0.05) is 4.88 Å². The average Bonchev–Trinajstić information content (AvgIpc) is 3.06. The van der Waals surface area contributed by atoms with E-state index in [1.807, 2.05) is 48.5 Å². The molecule has 0 atom stereocenters. The number of nitrogens with zero attached hydrogens (tertiary/aromatic N) is 1. The van der Waals surface area contributed by atoms with E-state index in [2.05, 4.69) is 34.3 Å². The number of anilines is 2. The Morgan fingerprint density at radius 3 is 1.95 bits per heavy atom. The number of hydrogen-bond acceptors (Lipinski definition) is 3. The van der Waals surface area contributed by atoms with Crippen molar-refractivity contribution in [1.82, 2.24) is 9.97 Å². The van der Waals surface area contributed by atoms with Gasteiger partial charge in [0.1, 0.15) is 11.6 Å². The molecule has 0 fully saturated rings. The fraction of sp³-hybridized carbons (Fsp3) is 0.533. The van der Waals surface area contributed by atoms with Crippen LogP contribution in [-0.4, -0.2) is 9.97 Å². The van der Waals surface area contributed by atoms with Gasteiger partial charge in [-0.2, -0.15) is 0 Å². The second-order valence-electron chi connectivity index (χ2n) is 2.92. The molecular formula is C15H29N3S. The molecule has 2 aromatic heterocycles. The molecule has 110 valence electrons. The van der Waals surface area contributed by atoms with Crippen molar-refractivity contribution in [2.24, 2.45) is 0 Å². The smallest absolute Gasteiger partial charge is 0.128 e. The Morgan fingerprint density at radius 1 is 1.00 bits per heavy atom. The second-order valence-corrected chi connectivity index (χ2v) is 4.21. The van der Waals surface area contributed by atoms with Crippen molar-refractivity contribution in [3.8, 4) is 0 Å². The molecule has 0 aliphatic carbocycles. The number of aromatic amines is 1.